The lowest BCUT2D eigenvalue weighted by Gasteiger charge is -2.12. The van der Waals surface area contributed by atoms with Crippen molar-refractivity contribution in [2.75, 3.05) is 5.32 Å². The van der Waals surface area contributed by atoms with Crippen molar-refractivity contribution in [1.82, 2.24) is 5.43 Å². The number of carbonyl (C=O) groups excluding carboxylic acids is 2. The van der Waals surface area contributed by atoms with Crippen molar-refractivity contribution in [1.29, 1.82) is 0 Å². The molecule has 2 atom stereocenters. The Kier molecular flexibility index (Phi) is 3.60. The fourth-order valence-electron chi connectivity index (χ4n) is 2.17. The molecule has 6 heteroatoms. The quantitative estimate of drug-likeness (QED) is 0.894. The van der Waals surface area contributed by atoms with Crippen LogP contribution in [-0.4, -0.2) is 23.8 Å². The summed E-state index contributed by atoms with van der Waals surface area (Å²) in [7, 11) is 0. The van der Waals surface area contributed by atoms with Crippen molar-refractivity contribution in [3.63, 3.8) is 0 Å². The van der Waals surface area contributed by atoms with Crippen molar-refractivity contribution in [3.05, 3.63) is 29.8 Å². The molecule has 110 valence electrons. The van der Waals surface area contributed by atoms with Gasteiger partial charge >= 0.3 is 6.09 Å². The molecular formula is C15H17N3O3. The van der Waals surface area contributed by atoms with Gasteiger partial charge in [-0.1, -0.05) is 19.1 Å². The number of ether oxygens (including phenoxy) is 1. The van der Waals surface area contributed by atoms with Crippen molar-refractivity contribution >= 4 is 23.4 Å². The van der Waals surface area contributed by atoms with Crippen molar-refractivity contribution < 1.29 is 14.3 Å². The number of amides is 2. The van der Waals surface area contributed by atoms with E-state index in [4.69, 9.17) is 4.74 Å². The highest BCUT2D eigenvalue weighted by molar-refractivity contribution is 6.04. The third-order valence-corrected chi connectivity index (χ3v) is 3.66. The molecule has 0 saturated heterocycles. The van der Waals surface area contributed by atoms with Gasteiger partial charge in [-0.05, 0) is 30.0 Å². The number of carbonyl (C=O) groups is 2. The Labute approximate surface area is 122 Å². The van der Waals surface area contributed by atoms with Gasteiger partial charge in [-0.25, -0.2) is 10.2 Å². The fraction of sp³-hybridized carbons (Fsp3) is 0.400. The number of nitrogens with one attached hydrogen (secondary N) is 2. The largest absolute Gasteiger partial charge is 0.446 e. The molecule has 1 aromatic carbocycles. The molecule has 1 aliphatic heterocycles. The molecule has 0 aromatic heterocycles. The lowest BCUT2D eigenvalue weighted by Crippen LogP contribution is -2.25. The summed E-state index contributed by atoms with van der Waals surface area (Å²) in [5.74, 6) is 0.409. The Morgan fingerprint density at radius 2 is 2.05 bits per heavy atom. The molecule has 2 aliphatic rings. The third-order valence-electron chi connectivity index (χ3n) is 3.66. The van der Waals surface area contributed by atoms with Crippen LogP contribution in [0.5, 0.6) is 0 Å². The van der Waals surface area contributed by atoms with Crippen LogP contribution < -0.4 is 10.7 Å². The first kappa shape index (κ1) is 13.6. The van der Waals surface area contributed by atoms with Gasteiger partial charge < -0.3 is 4.74 Å². The number of hydrogen-bond acceptors (Lipinski definition) is 4. The second kappa shape index (κ2) is 5.55. The Hall–Kier alpha value is -2.37. The minimum absolute atomic E-state index is 0.0597. The highest BCUT2D eigenvalue weighted by atomic mass is 16.6. The average Bonchev–Trinajstić information content (AvgIpc) is 3.15. The van der Waals surface area contributed by atoms with E-state index in [0.29, 0.717) is 24.4 Å². The van der Waals surface area contributed by atoms with Crippen LogP contribution in [0.3, 0.4) is 0 Å². The highest BCUT2D eigenvalue weighted by Gasteiger charge is 2.36. The van der Waals surface area contributed by atoms with Gasteiger partial charge in [0.05, 0.1) is 5.71 Å². The predicted octanol–water partition coefficient (Wildman–Crippen LogP) is 2.26. The molecule has 2 unspecified atom stereocenters. The van der Waals surface area contributed by atoms with Crippen molar-refractivity contribution in [2.45, 2.75) is 32.3 Å². The van der Waals surface area contributed by atoms with Crippen molar-refractivity contribution in [2.24, 2.45) is 11.0 Å². The van der Waals surface area contributed by atoms with E-state index in [1.807, 2.05) is 12.1 Å². The predicted molar refractivity (Wildman–Crippen MR) is 78.0 cm³/mol. The smallest absolute Gasteiger partial charge is 0.411 e. The maximum Gasteiger partial charge on any atom is 0.411 e. The summed E-state index contributed by atoms with van der Waals surface area (Å²) in [6, 6.07) is 7.33. The summed E-state index contributed by atoms with van der Waals surface area (Å²) in [5.41, 5.74) is 4.93. The summed E-state index contributed by atoms with van der Waals surface area (Å²) in [5, 5.41) is 6.73. The molecule has 2 amide bonds. The Morgan fingerprint density at radius 1 is 1.33 bits per heavy atom. The topological polar surface area (TPSA) is 79.8 Å². The zero-order chi connectivity index (χ0) is 14.8. The zero-order valence-electron chi connectivity index (χ0n) is 11.8. The minimum Gasteiger partial charge on any atom is -0.446 e. The molecule has 1 fully saturated rings. The van der Waals surface area contributed by atoms with Crippen molar-refractivity contribution in [3.8, 4) is 0 Å². The highest BCUT2D eigenvalue weighted by Crippen LogP contribution is 2.32. The van der Waals surface area contributed by atoms with E-state index in [9.17, 15) is 9.59 Å². The van der Waals surface area contributed by atoms with Crippen LogP contribution in [0.4, 0.5) is 10.5 Å². The molecule has 0 radical (unpaired) electrons. The van der Waals surface area contributed by atoms with Gasteiger partial charge in [-0.3, -0.25) is 10.1 Å². The monoisotopic (exact) mass is 287 g/mol. The van der Waals surface area contributed by atoms with Crippen LogP contribution in [-0.2, 0) is 9.53 Å². The zero-order valence-corrected chi connectivity index (χ0v) is 11.8. The molecule has 21 heavy (non-hydrogen) atoms. The van der Waals surface area contributed by atoms with E-state index in [2.05, 4.69) is 22.8 Å². The van der Waals surface area contributed by atoms with Gasteiger partial charge in [0.2, 0.25) is 5.91 Å². The molecule has 2 N–H and O–H groups in total. The second-order valence-corrected chi connectivity index (χ2v) is 5.45. The van der Waals surface area contributed by atoms with Crippen LogP contribution in [0.2, 0.25) is 0 Å². The van der Waals surface area contributed by atoms with E-state index in [1.165, 1.54) is 0 Å². The molecule has 6 nitrogen and oxygen atoms in total. The van der Waals surface area contributed by atoms with E-state index in [0.717, 1.165) is 17.7 Å². The maximum absolute atomic E-state index is 11.6. The fourth-order valence-corrected chi connectivity index (χ4v) is 2.17. The normalized spacial score (nSPS) is 23.9. The number of anilines is 1. The van der Waals surface area contributed by atoms with E-state index in [-0.39, 0.29) is 12.0 Å². The molecule has 3 rings (SSSR count). The lowest BCUT2D eigenvalue weighted by atomic mass is 10.0. The SMILES string of the molecule is CC1CC1OC(=O)Nc1ccc(C2=NNC(=O)CC2)cc1. The van der Waals surface area contributed by atoms with Gasteiger partial charge in [0.15, 0.2) is 0 Å². The Balaban J connectivity index is 1.59. The van der Waals surface area contributed by atoms with Gasteiger partial charge in [-0.15, -0.1) is 0 Å². The lowest BCUT2D eigenvalue weighted by molar-refractivity contribution is -0.121. The summed E-state index contributed by atoms with van der Waals surface area (Å²) in [4.78, 5) is 22.7. The second-order valence-electron chi connectivity index (χ2n) is 5.45. The number of hydrazone groups is 1. The number of hydrogen-bond donors (Lipinski definition) is 2. The third kappa shape index (κ3) is 3.39. The first-order chi connectivity index (χ1) is 10.1. The van der Waals surface area contributed by atoms with Crippen LogP contribution in [0.15, 0.2) is 29.4 Å². The van der Waals surface area contributed by atoms with E-state index >= 15 is 0 Å². The number of rotatable bonds is 3. The molecule has 1 heterocycles. The molecule has 0 bridgehead atoms. The summed E-state index contributed by atoms with van der Waals surface area (Å²) in [6.07, 6.45) is 1.66. The number of nitrogens with zero attached hydrogens (tertiary/aromatic N) is 1. The summed E-state index contributed by atoms with van der Waals surface area (Å²) >= 11 is 0. The molecule has 1 aromatic rings. The van der Waals surface area contributed by atoms with E-state index in [1.54, 1.807) is 12.1 Å². The van der Waals surface area contributed by atoms with Crippen LogP contribution in [0.1, 0.15) is 31.7 Å². The van der Waals surface area contributed by atoms with Gasteiger partial charge in [-0.2, -0.15) is 5.10 Å². The standard InChI is InChI=1S/C15H17N3O3/c1-9-8-13(9)21-15(20)16-11-4-2-10(3-5-11)12-6-7-14(19)18-17-12/h2-5,9,13H,6-8H2,1H3,(H,16,20)(H,18,19). The molecule has 1 aliphatic carbocycles. The van der Waals surface area contributed by atoms with Gasteiger partial charge in [0.1, 0.15) is 6.10 Å². The first-order valence-corrected chi connectivity index (χ1v) is 7.05. The van der Waals surface area contributed by atoms with Gasteiger partial charge in [0, 0.05) is 18.5 Å². The van der Waals surface area contributed by atoms with Crippen LogP contribution in [0.25, 0.3) is 0 Å². The molecular weight excluding hydrogens is 270 g/mol. The number of benzene rings is 1. The summed E-state index contributed by atoms with van der Waals surface area (Å²) < 4.78 is 5.21. The van der Waals surface area contributed by atoms with Crippen LogP contribution >= 0.6 is 0 Å². The maximum atomic E-state index is 11.6. The van der Waals surface area contributed by atoms with Gasteiger partial charge in [0.25, 0.3) is 0 Å². The summed E-state index contributed by atoms with van der Waals surface area (Å²) in [6.45, 7) is 2.05. The van der Waals surface area contributed by atoms with Crippen LogP contribution in [0, 0.1) is 5.92 Å². The molecule has 0 spiro atoms. The molecule has 1 saturated carbocycles. The minimum atomic E-state index is -0.417. The first-order valence-electron chi connectivity index (χ1n) is 7.05. The van der Waals surface area contributed by atoms with E-state index < -0.39 is 6.09 Å². The Bertz CT molecular complexity index is 595. The average molecular weight is 287 g/mol. The Morgan fingerprint density at radius 3 is 2.62 bits per heavy atom.